The van der Waals surface area contributed by atoms with Crippen LogP contribution in [-0.2, 0) is 11.3 Å². The summed E-state index contributed by atoms with van der Waals surface area (Å²) in [6, 6.07) is 10.5. The van der Waals surface area contributed by atoms with Crippen molar-refractivity contribution in [3.8, 4) is 5.75 Å². The van der Waals surface area contributed by atoms with E-state index < -0.39 is 24.2 Å². The minimum atomic E-state index is -4.53. The van der Waals surface area contributed by atoms with E-state index in [4.69, 9.17) is 16.3 Å². The minimum absolute atomic E-state index is 0.0105. The summed E-state index contributed by atoms with van der Waals surface area (Å²) in [5.41, 5.74) is 0.0210. The maximum absolute atomic E-state index is 12.4. The quantitative estimate of drug-likeness (QED) is 0.652. The van der Waals surface area contributed by atoms with E-state index in [0.29, 0.717) is 10.9 Å². The van der Waals surface area contributed by atoms with Crippen molar-refractivity contribution in [3.63, 3.8) is 0 Å². The van der Waals surface area contributed by atoms with Gasteiger partial charge < -0.3 is 10.1 Å². The molecule has 1 N–H and O–H groups in total. The van der Waals surface area contributed by atoms with E-state index in [0.717, 1.165) is 4.68 Å². The number of nitrogens with one attached hydrogen (secondary N) is 1. The summed E-state index contributed by atoms with van der Waals surface area (Å²) < 4.78 is 42.9. The lowest BCUT2D eigenvalue weighted by Crippen LogP contribution is -2.26. The van der Waals surface area contributed by atoms with Crippen molar-refractivity contribution in [2.24, 2.45) is 0 Å². The number of aromatic nitrogens is 3. The topological polar surface area (TPSA) is 86.1 Å². The zero-order chi connectivity index (χ0) is 21.0. The van der Waals surface area contributed by atoms with E-state index in [-0.39, 0.29) is 29.4 Å². The number of halogens is 4. The average Bonchev–Trinajstić information content (AvgIpc) is 2.66. The molecule has 1 heterocycles. The molecule has 0 aliphatic carbocycles. The molecule has 0 spiro atoms. The van der Waals surface area contributed by atoms with Gasteiger partial charge in [-0.25, -0.2) is 4.68 Å². The Morgan fingerprint density at radius 2 is 1.97 bits per heavy atom. The van der Waals surface area contributed by atoms with Crippen LogP contribution in [0.25, 0.3) is 10.9 Å². The molecule has 0 atom stereocenters. The number of benzene rings is 2. The van der Waals surface area contributed by atoms with Gasteiger partial charge in [0, 0.05) is 11.4 Å². The van der Waals surface area contributed by atoms with Crippen LogP contribution in [0.3, 0.4) is 0 Å². The maximum Gasteiger partial charge on any atom is 0.422 e. The Bertz CT molecular complexity index is 1100. The Labute approximate surface area is 167 Å². The number of nitrogens with zero attached hydrogens (tertiary/aromatic N) is 3. The predicted octanol–water partition coefficient (Wildman–Crippen LogP) is 3.41. The molecular formula is C18H14ClF3N4O3. The first-order valence-corrected chi connectivity index (χ1v) is 8.72. The molecule has 0 aliphatic heterocycles. The highest BCUT2D eigenvalue weighted by molar-refractivity contribution is 6.31. The summed E-state index contributed by atoms with van der Waals surface area (Å²) in [6.45, 7) is -1.58. The zero-order valence-electron chi connectivity index (χ0n) is 14.7. The molecule has 0 bridgehead atoms. The number of fused-ring (bicyclic) bond motifs is 1. The number of carbonyl (C=O) groups excluding carboxylic acids is 1. The second-order valence-corrected chi connectivity index (χ2v) is 6.41. The van der Waals surface area contributed by atoms with Crippen LogP contribution in [0.1, 0.15) is 6.42 Å². The lowest BCUT2D eigenvalue weighted by molar-refractivity contribution is -0.153. The maximum atomic E-state index is 12.4. The largest absolute Gasteiger partial charge is 0.482 e. The molecule has 29 heavy (non-hydrogen) atoms. The average molecular weight is 427 g/mol. The fourth-order valence-electron chi connectivity index (χ4n) is 2.48. The number of hydrogen-bond donors (Lipinski definition) is 1. The van der Waals surface area contributed by atoms with E-state index in [2.05, 4.69) is 15.6 Å². The third-order valence-corrected chi connectivity index (χ3v) is 4.02. The van der Waals surface area contributed by atoms with E-state index >= 15 is 0 Å². The number of carbonyl (C=O) groups is 1. The normalized spacial score (nSPS) is 11.4. The molecule has 0 unspecified atom stereocenters. The lowest BCUT2D eigenvalue weighted by atomic mass is 10.2. The molecule has 1 amide bonds. The van der Waals surface area contributed by atoms with Crippen molar-refractivity contribution in [3.05, 3.63) is 57.8 Å². The Balaban J connectivity index is 1.69. The molecule has 0 saturated heterocycles. The predicted molar refractivity (Wildman–Crippen MR) is 100 cm³/mol. The van der Waals surface area contributed by atoms with Crippen molar-refractivity contribution < 1.29 is 22.7 Å². The van der Waals surface area contributed by atoms with Gasteiger partial charge in [0.2, 0.25) is 5.91 Å². The second-order valence-electron chi connectivity index (χ2n) is 5.98. The van der Waals surface area contributed by atoms with E-state index in [1.165, 1.54) is 18.2 Å². The van der Waals surface area contributed by atoms with Crippen LogP contribution in [0.5, 0.6) is 5.75 Å². The van der Waals surface area contributed by atoms with E-state index in [1.54, 1.807) is 24.3 Å². The van der Waals surface area contributed by atoms with Crippen LogP contribution in [0.2, 0.25) is 5.02 Å². The standard InChI is InChI=1S/C18H14ClF3N4O3/c19-11-5-6-15(29-10-18(20,21)22)14(9-11)23-16(27)7-8-26-17(28)12-3-1-2-4-13(12)24-25-26/h1-6,9H,7-8,10H2,(H,23,27). The van der Waals surface area contributed by atoms with Crippen molar-refractivity contribution >= 4 is 34.1 Å². The van der Waals surface area contributed by atoms with Gasteiger partial charge in [0.15, 0.2) is 6.61 Å². The zero-order valence-corrected chi connectivity index (χ0v) is 15.5. The highest BCUT2D eigenvalue weighted by Crippen LogP contribution is 2.29. The highest BCUT2D eigenvalue weighted by atomic mass is 35.5. The van der Waals surface area contributed by atoms with Crippen LogP contribution < -0.4 is 15.6 Å². The number of alkyl halides is 3. The lowest BCUT2D eigenvalue weighted by Gasteiger charge is -2.14. The van der Waals surface area contributed by atoms with Gasteiger partial charge in [0.25, 0.3) is 5.56 Å². The Morgan fingerprint density at radius 1 is 1.21 bits per heavy atom. The van der Waals surface area contributed by atoms with E-state index in [1.807, 2.05) is 0 Å². The fraction of sp³-hybridized carbons (Fsp3) is 0.222. The summed E-state index contributed by atoms with van der Waals surface area (Å²) in [7, 11) is 0. The van der Waals surface area contributed by atoms with Gasteiger partial charge in [0.1, 0.15) is 11.3 Å². The van der Waals surface area contributed by atoms with Gasteiger partial charge in [-0.15, -0.1) is 5.10 Å². The summed E-state index contributed by atoms with van der Waals surface area (Å²) in [5.74, 6) is -0.742. The van der Waals surface area contributed by atoms with Crippen molar-refractivity contribution in [2.45, 2.75) is 19.1 Å². The Kier molecular flexibility index (Phi) is 6.02. The summed E-state index contributed by atoms with van der Waals surface area (Å²) in [5, 5.41) is 10.7. The van der Waals surface area contributed by atoms with Crippen LogP contribution in [0, 0.1) is 0 Å². The molecule has 1 aromatic heterocycles. The summed E-state index contributed by atoms with van der Waals surface area (Å²) >= 11 is 5.85. The minimum Gasteiger partial charge on any atom is -0.482 e. The fourth-order valence-corrected chi connectivity index (χ4v) is 2.65. The first kappa shape index (κ1) is 20.6. The van der Waals surface area contributed by atoms with Gasteiger partial charge >= 0.3 is 6.18 Å². The van der Waals surface area contributed by atoms with Gasteiger partial charge in [-0.3, -0.25) is 9.59 Å². The molecule has 0 fully saturated rings. The number of ether oxygens (including phenoxy) is 1. The number of aryl methyl sites for hydroxylation is 1. The van der Waals surface area contributed by atoms with Gasteiger partial charge in [-0.2, -0.15) is 13.2 Å². The first-order chi connectivity index (χ1) is 13.7. The molecule has 0 saturated carbocycles. The number of hydrogen-bond acceptors (Lipinski definition) is 5. The van der Waals surface area contributed by atoms with Crippen LogP contribution in [-0.4, -0.2) is 33.7 Å². The molecule has 7 nitrogen and oxygen atoms in total. The molecule has 3 aromatic rings. The third-order valence-electron chi connectivity index (χ3n) is 3.79. The summed E-state index contributed by atoms with van der Waals surface area (Å²) in [6.07, 6.45) is -4.70. The van der Waals surface area contributed by atoms with Crippen LogP contribution in [0.4, 0.5) is 18.9 Å². The first-order valence-electron chi connectivity index (χ1n) is 8.34. The third kappa shape index (κ3) is 5.44. The monoisotopic (exact) mass is 426 g/mol. The van der Waals surface area contributed by atoms with E-state index in [9.17, 15) is 22.8 Å². The molecule has 2 aromatic carbocycles. The smallest absolute Gasteiger partial charge is 0.422 e. The van der Waals surface area contributed by atoms with Crippen LogP contribution >= 0.6 is 11.6 Å². The SMILES string of the molecule is O=C(CCn1nnc2ccccc2c1=O)Nc1cc(Cl)ccc1OCC(F)(F)F. The molecule has 152 valence electrons. The summed E-state index contributed by atoms with van der Waals surface area (Å²) in [4.78, 5) is 24.6. The van der Waals surface area contributed by atoms with Gasteiger partial charge in [-0.1, -0.05) is 28.9 Å². The number of amides is 1. The van der Waals surface area contributed by atoms with Crippen molar-refractivity contribution in [1.29, 1.82) is 0 Å². The van der Waals surface area contributed by atoms with Gasteiger partial charge in [0.05, 0.1) is 17.6 Å². The Hall–Kier alpha value is -3.14. The number of rotatable bonds is 6. The van der Waals surface area contributed by atoms with Crippen LogP contribution in [0.15, 0.2) is 47.3 Å². The molecule has 0 aliphatic rings. The molecule has 11 heteroatoms. The highest BCUT2D eigenvalue weighted by Gasteiger charge is 2.29. The van der Waals surface area contributed by atoms with Crippen molar-refractivity contribution in [1.82, 2.24) is 15.0 Å². The van der Waals surface area contributed by atoms with Crippen molar-refractivity contribution in [2.75, 3.05) is 11.9 Å². The second kappa shape index (κ2) is 8.48. The molecular weight excluding hydrogens is 413 g/mol. The molecule has 0 radical (unpaired) electrons. The van der Waals surface area contributed by atoms with Gasteiger partial charge in [-0.05, 0) is 30.3 Å². The molecule has 3 rings (SSSR count). The number of anilines is 1. The Morgan fingerprint density at radius 3 is 2.72 bits per heavy atom.